The van der Waals surface area contributed by atoms with Crippen LogP contribution in [0.15, 0.2) is 47.6 Å². The van der Waals surface area contributed by atoms with Gasteiger partial charge in [-0.15, -0.1) is 0 Å². The van der Waals surface area contributed by atoms with E-state index in [4.69, 9.17) is 9.47 Å². The lowest BCUT2D eigenvalue weighted by molar-refractivity contribution is -0.120. The van der Waals surface area contributed by atoms with Crippen molar-refractivity contribution in [1.82, 2.24) is 10.4 Å². The Morgan fingerprint density at radius 3 is 2.77 bits per heavy atom. The van der Waals surface area contributed by atoms with E-state index in [1.807, 2.05) is 49.4 Å². The Morgan fingerprint density at radius 1 is 1.19 bits per heavy atom. The van der Waals surface area contributed by atoms with Crippen molar-refractivity contribution in [2.75, 3.05) is 14.2 Å². The van der Waals surface area contributed by atoms with Crippen LogP contribution < -0.4 is 14.9 Å². The number of benzene rings is 2. The van der Waals surface area contributed by atoms with Crippen LogP contribution in [-0.4, -0.2) is 31.3 Å². The standard InChI is InChI=1S/C20H21N3O3/c1-13-16(17-10-15(25-2)8-9-18(17)22-13)11-20(24)23-21-12-14-6-4-5-7-19(14)26-3/h4-10,12,22H,11H2,1-3H3,(H,23,24)/b21-12+. The molecule has 3 aromatic rings. The first-order valence-electron chi connectivity index (χ1n) is 8.22. The quantitative estimate of drug-likeness (QED) is 0.529. The highest BCUT2D eigenvalue weighted by molar-refractivity contribution is 5.91. The number of para-hydroxylation sites is 1. The Balaban J connectivity index is 1.73. The van der Waals surface area contributed by atoms with Gasteiger partial charge in [0.1, 0.15) is 11.5 Å². The number of ether oxygens (including phenoxy) is 2. The highest BCUT2D eigenvalue weighted by Crippen LogP contribution is 2.26. The molecule has 0 aliphatic carbocycles. The maximum Gasteiger partial charge on any atom is 0.244 e. The molecule has 26 heavy (non-hydrogen) atoms. The summed E-state index contributed by atoms with van der Waals surface area (Å²) in [5.74, 6) is 1.26. The highest BCUT2D eigenvalue weighted by Gasteiger charge is 2.13. The number of aryl methyl sites for hydroxylation is 1. The van der Waals surface area contributed by atoms with Crippen molar-refractivity contribution in [1.29, 1.82) is 0 Å². The number of aromatic nitrogens is 1. The smallest absolute Gasteiger partial charge is 0.244 e. The molecular weight excluding hydrogens is 330 g/mol. The minimum atomic E-state index is -0.192. The molecule has 1 aromatic heterocycles. The van der Waals surface area contributed by atoms with Crippen LogP contribution in [0.5, 0.6) is 11.5 Å². The van der Waals surface area contributed by atoms with Gasteiger partial charge in [0.05, 0.1) is 26.9 Å². The molecule has 3 rings (SSSR count). The van der Waals surface area contributed by atoms with Crippen LogP contribution in [0.1, 0.15) is 16.8 Å². The number of methoxy groups -OCH3 is 2. The summed E-state index contributed by atoms with van der Waals surface area (Å²) in [7, 11) is 3.22. The third kappa shape index (κ3) is 3.69. The lowest BCUT2D eigenvalue weighted by Gasteiger charge is -2.04. The number of rotatable bonds is 6. The van der Waals surface area contributed by atoms with Crippen LogP contribution in [-0.2, 0) is 11.2 Å². The van der Waals surface area contributed by atoms with Gasteiger partial charge in [-0.05, 0) is 42.8 Å². The van der Waals surface area contributed by atoms with Crippen LogP contribution in [0.2, 0.25) is 0 Å². The van der Waals surface area contributed by atoms with Gasteiger partial charge in [-0.1, -0.05) is 12.1 Å². The molecule has 2 aromatic carbocycles. The Morgan fingerprint density at radius 2 is 2.00 bits per heavy atom. The van der Waals surface area contributed by atoms with Crippen LogP contribution in [0.3, 0.4) is 0 Å². The summed E-state index contributed by atoms with van der Waals surface area (Å²) in [6.07, 6.45) is 1.80. The van der Waals surface area contributed by atoms with Gasteiger partial charge in [0.15, 0.2) is 0 Å². The van der Waals surface area contributed by atoms with E-state index in [0.29, 0.717) is 5.75 Å². The van der Waals surface area contributed by atoms with Gasteiger partial charge < -0.3 is 14.5 Å². The van der Waals surface area contributed by atoms with Gasteiger partial charge in [0.2, 0.25) is 5.91 Å². The fraction of sp³-hybridized carbons (Fsp3) is 0.200. The zero-order valence-corrected chi connectivity index (χ0v) is 15.0. The molecule has 0 atom stereocenters. The average molecular weight is 351 g/mol. The summed E-state index contributed by atoms with van der Waals surface area (Å²) < 4.78 is 10.5. The van der Waals surface area contributed by atoms with Crippen molar-refractivity contribution in [3.05, 3.63) is 59.3 Å². The summed E-state index contributed by atoms with van der Waals surface area (Å²) in [5.41, 5.74) is 6.23. The number of fused-ring (bicyclic) bond motifs is 1. The first-order chi connectivity index (χ1) is 12.6. The van der Waals surface area contributed by atoms with Gasteiger partial charge in [0.25, 0.3) is 0 Å². The number of hydrazone groups is 1. The topological polar surface area (TPSA) is 75.7 Å². The predicted molar refractivity (Wildman–Crippen MR) is 102 cm³/mol. The SMILES string of the molecule is COc1ccc2[nH]c(C)c(CC(=O)N/N=C/c3ccccc3OC)c2c1. The van der Waals surface area contributed by atoms with E-state index in [1.54, 1.807) is 20.4 Å². The van der Waals surface area contributed by atoms with Crippen LogP contribution in [0.25, 0.3) is 10.9 Å². The van der Waals surface area contributed by atoms with Gasteiger partial charge in [0, 0.05) is 22.2 Å². The minimum absolute atomic E-state index is 0.192. The summed E-state index contributed by atoms with van der Waals surface area (Å²) in [6.45, 7) is 1.95. The molecule has 0 radical (unpaired) electrons. The van der Waals surface area contributed by atoms with E-state index in [-0.39, 0.29) is 12.3 Å². The van der Waals surface area contributed by atoms with E-state index in [2.05, 4.69) is 15.5 Å². The maximum absolute atomic E-state index is 12.3. The monoisotopic (exact) mass is 351 g/mol. The number of H-pyrrole nitrogens is 1. The molecule has 0 fully saturated rings. The fourth-order valence-electron chi connectivity index (χ4n) is 2.86. The molecule has 0 spiro atoms. The molecule has 0 saturated heterocycles. The van der Waals surface area contributed by atoms with Crippen molar-refractivity contribution in [2.24, 2.45) is 5.10 Å². The largest absolute Gasteiger partial charge is 0.497 e. The zero-order valence-electron chi connectivity index (χ0n) is 15.0. The van der Waals surface area contributed by atoms with E-state index < -0.39 is 0 Å². The number of carbonyl (C=O) groups is 1. The number of amides is 1. The molecule has 0 saturated carbocycles. The average Bonchev–Trinajstić information content (AvgIpc) is 2.96. The van der Waals surface area contributed by atoms with Crippen molar-refractivity contribution in [3.8, 4) is 11.5 Å². The molecular formula is C20H21N3O3. The Kier molecular flexibility index (Phi) is 5.22. The molecule has 0 aliphatic heterocycles. The zero-order chi connectivity index (χ0) is 18.5. The van der Waals surface area contributed by atoms with Gasteiger partial charge in [-0.3, -0.25) is 4.79 Å². The summed E-state index contributed by atoms with van der Waals surface area (Å²) in [6, 6.07) is 13.2. The summed E-state index contributed by atoms with van der Waals surface area (Å²) in [4.78, 5) is 15.6. The minimum Gasteiger partial charge on any atom is -0.497 e. The second kappa shape index (κ2) is 7.74. The second-order valence-electron chi connectivity index (χ2n) is 5.85. The van der Waals surface area contributed by atoms with Gasteiger partial charge in [-0.25, -0.2) is 5.43 Å². The first kappa shape index (κ1) is 17.5. The normalized spacial score (nSPS) is 11.0. The second-order valence-corrected chi connectivity index (χ2v) is 5.85. The number of hydrogen-bond donors (Lipinski definition) is 2. The molecule has 1 heterocycles. The van der Waals surface area contributed by atoms with E-state index in [1.165, 1.54) is 0 Å². The molecule has 0 aliphatic rings. The van der Waals surface area contributed by atoms with Crippen molar-refractivity contribution >= 4 is 23.0 Å². The Hall–Kier alpha value is -3.28. The van der Waals surface area contributed by atoms with Crippen LogP contribution >= 0.6 is 0 Å². The maximum atomic E-state index is 12.3. The lowest BCUT2D eigenvalue weighted by Crippen LogP contribution is -2.20. The van der Waals surface area contributed by atoms with Gasteiger partial charge in [-0.2, -0.15) is 5.10 Å². The third-order valence-electron chi connectivity index (χ3n) is 4.20. The number of nitrogens with zero attached hydrogens (tertiary/aromatic N) is 1. The fourth-order valence-corrected chi connectivity index (χ4v) is 2.86. The van der Waals surface area contributed by atoms with Crippen molar-refractivity contribution in [3.63, 3.8) is 0 Å². The molecule has 6 heteroatoms. The predicted octanol–water partition coefficient (Wildman–Crippen LogP) is 3.19. The van der Waals surface area contributed by atoms with Gasteiger partial charge >= 0.3 is 0 Å². The number of nitrogens with one attached hydrogen (secondary N) is 2. The van der Waals surface area contributed by atoms with Crippen LogP contribution in [0, 0.1) is 6.92 Å². The molecule has 2 N–H and O–H groups in total. The van der Waals surface area contributed by atoms with Crippen molar-refractivity contribution in [2.45, 2.75) is 13.3 Å². The van der Waals surface area contributed by atoms with Crippen LogP contribution in [0.4, 0.5) is 0 Å². The Bertz CT molecular complexity index is 960. The third-order valence-corrected chi connectivity index (χ3v) is 4.20. The molecule has 0 bridgehead atoms. The molecule has 0 unspecified atom stereocenters. The van der Waals surface area contributed by atoms with E-state index >= 15 is 0 Å². The first-order valence-corrected chi connectivity index (χ1v) is 8.22. The number of aromatic amines is 1. The molecule has 134 valence electrons. The number of hydrogen-bond acceptors (Lipinski definition) is 4. The summed E-state index contributed by atoms with van der Waals surface area (Å²) in [5, 5.41) is 5.01. The Labute approximate surface area is 151 Å². The number of carbonyl (C=O) groups excluding carboxylic acids is 1. The molecule has 6 nitrogen and oxygen atoms in total. The van der Waals surface area contributed by atoms with Crippen molar-refractivity contribution < 1.29 is 14.3 Å². The van der Waals surface area contributed by atoms with E-state index in [0.717, 1.165) is 33.5 Å². The lowest BCUT2D eigenvalue weighted by atomic mass is 10.1. The summed E-state index contributed by atoms with van der Waals surface area (Å²) >= 11 is 0. The molecule has 1 amide bonds. The van der Waals surface area contributed by atoms with E-state index in [9.17, 15) is 4.79 Å². The highest BCUT2D eigenvalue weighted by atomic mass is 16.5.